The molecule has 0 aromatic heterocycles. The first kappa shape index (κ1) is 25.1. The highest BCUT2D eigenvalue weighted by molar-refractivity contribution is 5.92. The van der Waals surface area contributed by atoms with Crippen LogP contribution in [-0.2, 0) is 19.2 Å². The zero-order chi connectivity index (χ0) is 21.3. The van der Waals surface area contributed by atoms with Crippen molar-refractivity contribution in [3.8, 4) is 0 Å². The number of carbonyl (C=O) groups is 4. The van der Waals surface area contributed by atoms with Crippen molar-refractivity contribution in [2.45, 2.75) is 78.9 Å². The van der Waals surface area contributed by atoms with Gasteiger partial charge in [0.2, 0.25) is 17.7 Å². The molecule has 27 heavy (non-hydrogen) atoms. The Morgan fingerprint density at radius 2 is 1.56 bits per heavy atom. The number of amides is 3. The summed E-state index contributed by atoms with van der Waals surface area (Å²) >= 11 is 0. The average molecular weight is 384 g/mol. The van der Waals surface area contributed by atoms with Gasteiger partial charge in [0.25, 0.3) is 0 Å². The van der Waals surface area contributed by atoms with E-state index in [0.717, 1.165) is 6.29 Å². The van der Waals surface area contributed by atoms with E-state index in [-0.39, 0.29) is 29.6 Å². The molecule has 0 heterocycles. The first-order chi connectivity index (χ1) is 12.5. The molecule has 0 aliphatic heterocycles. The number of nitrogens with one attached hydrogen (secondary N) is 1. The summed E-state index contributed by atoms with van der Waals surface area (Å²) in [5.74, 6) is -0.601. The molecule has 3 atom stereocenters. The van der Waals surface area contributed by atoms with Gasteiger partial charge in [-0.05, 0) is 31.6 Å². The van der Waals surface area contributed by atoms with Crippen molar-refractivity contribution in [2.24, 2.45) is 11.8 Å². The molecule has 0 bridgehead atoms. The minimum atomic E-state index is -0.698. The Hall–Kier alpha value is -1.92. The molecule has 156 valence electrons. The maximum atomic E-state index is 12.9. The van der Waals surface area contributed by atoms with Crippen molar-refractivity contribution in [2.75, 3.05) is 14.1 Å². The number of carbonyl (C=O) groups excluding carboxylic acids is 4. The quantitative estimate of drug-likeness (QED) is 0.552. The summed E-state index contributed by atoms with van der Waals surface area (Å²) in [6.45, 7) is 11.2. The second kappa shape index (κ2) is 11.7. The average Bonchev–Trinajstić information content (AvgIpc) is 2.61. The van der Waals surface area contributed by atoms with Gasteiger partial charge in [0.05, 0.1) is 6.04 Å². The highest BCUT2D eigenvalue weighted by atomic mass is 16.2. The molecule has 0 spiro atoms. The third-order valence-corrected chi connectivity index (χ3v) is 4.78. The standard InChI is InChI=1S/C20H37N3O4/c1-9-10-18(25)22(7)15(6)20(27)23(8)17(11-13(2)3)19(26)21-16(12-24)14(4)5/h12-17H,9-11H2,1-8H3,(H,21,26)/t15-,16?,17?/m1/s1. The predicted molar refractivity (Wildman–Crippen MR) is 106 cm³/mol. The normalized spacial score (nSPS) is 14.4. The number of nitrogens with zero attached hydrogens (tertiary/aromatic N) is 2. The van der Waals surface area contributed by atoms with Gasteiger partial charge in [0, 0.05) is 20.5 Å². The van der Waals surface area contributed by atoms with Gasteiger partial charge < -0.3 is 19.9 Å². The molecule has 7 heteroatoms. The molecule has 0 aliphatic carbocycles. The van der Waals surface area contributed by atoms with Crippen molar-refractivity contribution in [1.82, 2.24) is 15.1 Å². The topological polar surface area (TPSA) is 86.8 Å². The van der Waals surface area contributed by atoms with Crippen molar-refractivity contribution in [3.63, 3.8) is 0 Å². The third-order valence-electron chi connectivity index (χ3n) is 4.78. The molecular formula is C20H37N3O4. The summed E-state index contributed by atoms with van der Waals surface area (Å²) < 4.78 is 0. The van der Waals surface area contributed by atoms with Crippen molar-refractivity contribution < 1.29 is 19.2 Å². The van der Waals surface area contributed by atoms with Gasteiger partial charge in [-0.3, -0.25) is 14.4 Å². The minimum Gasteiger partial charge on any atom is -0.345 e. The van der Waals surface area contributed by atoms with E-state index in [1.807, 2.05) is 34.6 Å². The summed E-state index contributed by atoms with van der Waals surface area (Å²) in [6, 6.07) is -1.96. The van der Waals surface area contributed by atoms with Crippen LogP contribution in [-0.4, -0.2) is 66.0 Å². The lowest BCUT2D eigenvalue weighted by Crippen LogP contribution is -2.56. The highest BCUT2D eigenvalue weighted by Gasteiger charge is 2.33. The van der Waals surface area contributed by atoms with Gasteiger partial charge in [-0.15, -0.1) is 0 Å². The maximum absolute atomic E-state index is 12.9. The zero-order valence-corrected chi connectivity index (χ0v) is 18.1. The Morgan fingerprint density at radius 3 is 1.96 bits per heavy atom. The molecule has 1 N–H and O–H groups in total. The van der Waals surface area contributed by atoms with Gasteiger partial charge in [0.15, 0.2) is 0 Å². The predicted octanol–water partition coefficient (Wildman–Crippen LogP) is 1.85. The van der Waals surface area contributed by atoms with Crippen LogP contribution < -0.4 is 5.32 Å². The van der Waals surface area contributed by atoms with Crippen LogP contribution in [0.25, 0.3) is 0 Å². The van der Waals surface area contributed by atoms with Crippen LogP contribution in [0.3, 0.4) is 0 Å². The van der Waals surface area contributed by atoms with Gasteiger partial charge in [0.1, 0.15) is 18.4 Å². The largest absolute Gasteiger partial charge is 0.345 e. The van der Waals surface area contributed by atoms with Crippen LogP contribution in [0.1, 0.15) is 60.8 Å². The monoisotopic (exact) mass is 383 g/mol. The number of hydrogen-bond donors (Lipinski definition) is 1. The lowest BCUT2D eigenvalue weighted by atomic mass is 9.99. The van der Waals surface area contributed by atoms with Gasteiger partial charge in [-0.25, -0.2) is 0 Å². The molecule has 2 unspecified atom stereocenters. The Morgan fingerprint density at radius 1 is 1.00 bits per heavy atom. The van der Waals surface area contributed by atoms with E-state index in [2.05, 4.69) is 5.32 Å². The fraction of sp³-hybridized carbons (Fsp3) is 0.800. The van der Waals surface area contributed by atoms with Crippen LogP contribution in [0, 0.1) is 11.8 Å². The molecule has 7 nitrogen and oxygen atoms in total. The molecular weight excluding hydrogens is 346 g/mol. The summed E-state index contributed by atoms with van der Waals surface area (Å²) in [5.41, 5.74) is 0. The zero-order valence-electron chi connectivity index (χ0n) is 18.1. The maximum Gasteiger partial charge on any atom is 0.245 e. The molecule has 0 aromatic rings. The van der Waals surface area contributed by atoms with E-state index >= 15 is 0 Å². The van der Waals surface area contributed by atoms with Crippen LogP contribution in [0.2, 0.25) is 0 Å². The number of hydrogen-bond acceptors (Lipinski definition) is 4. The molecule has 0 aliphatic rings. The molecule has 0 saturated heterocycles. The second-order valence-electron chi connectivity index (χ2n) is 7.94. The molecule has 0 rings (SSSR count). The summed E-state index contributed by atoms with van der Waals surface area (Å²) in [7, 11) is 3.18. The number of rotatable bonds is 11. The summed E-state index contributed by atoms with van der Waals surface area (Å²) in [6.07, 6.45) is 2.28. The highest BCUT2D eigenvalue weighted by Crippen LogP contribution is 2.15. The minimum absolute atomic E-state index is 0.0381. The van der Waals surface area contributed by atoms with Crippen LogP contribution >= 0.6 is 0 Å². The third kappa shape index (κ3) is 7.69. The first-order valence-electron chi connectivity index (χ1n) is 9.75. The van der Waals surface area contributed by atoms with Crippen molar-refractivity contribution >= 4 is 24.0 Å². The Labute approximate surface area is 163 Å². The lowest BCUT2D eigenvalue weighted by Gasteiger charge is -2.34. The van der Waals surface area contributed by atoms with Crippen LogP contribution in [0.4, 0.5) is 0 Å². The molecule has 3 amide bonds. The second-order valence-corrected chi connectivity index (χ2v) is 7.94. The fourth-order valence-electron chi connectivity index (χ4n) is 2.73. The van der Waals surface area contributed by atoms with E-state index in [1.165, 1.54) is 9.80 Å². The smallest absolute Gasteiger partial charge is 0.245 e. The summed E-state index contributed by atoms with van der Waals surface area (Å²) in [4.78, 5) is 51.8. The van der Waals surface area contributed by atoms with E-state index < -0.39 is 18.1 Å². The molecule has 0 aromatic carbocycles. The van der Waals surface area contributed by atoms with Crippen LogP contribution in [0.5, 0.6) is 0 Å². The van der Waals surface area contributed by atoms with Crippen LogP contribution in [0.15, 0.2) is 0 Å². The van der Waals surface area contributed by atoms with Gasteiger partial charge in [-0.1, -0.05) is 34.6 Å². The lowest BCUT2D eigenvalue weighted by molar-refractivity contribution is -0.147. The number of aldehydes is 1. The van der Waals surface area contributed by atoms with Crippen molar-refractivity contribution in [1.29, 1.82) is 0 Å². The first-order valence-corrected chi connectivity index (χ1v) is 9.75. The Kier molecular flexibility index (Phi) is 10.9. The SMILES string of the molecule is CCCC(=O)N(C)[C@H](C)C(=O)N(C)C(CC(C)C)C(=O)NC(C=O)C(C)C. The molecule has 0 saturated carbocycles. The van der Waals surface area contributed by atoms with Gasteiger partial charge >= 0.3 is 0 Å². The Bertz CT molecular complexity index is 519. The van der Waals surface area contributed by atoms with E-state index in [0.29, 0.717) is 19.3 Å². The Balaban J connectivity index is 5.37. The van der Waals surface area contributed by atoms with Gasteiger partial charge in [-0.2, -0.15) is 0 Å². The van der Waals surface area contributed by atoms with E-state index in [9.17, 15) is 19.2 Å². The molecule has 0 radical (unpaired) electrons. The number of likely N-dealkylation sites (N-methyl/N-ethyl adjacent to an activating group) is 2. The summed E-state index contributed by atoms with van der Waals surface area (Å²) in [5, 5.41) is 2.74. The fourth-order valence-corrected chi connectivity index (χ4v) is 2.73. The molecule has 0 fully saturated rings. The van der Waals surface area contributed by atoms with E-state index in [1.54, 1.807) is 21.0 Å². The van der Waals surface area contributed by atoms with E-state index in [4.69, 9.17) is 0 Å². The van der Waals surface area contributed by atoms with Crippen molar-refractivity contribution in [3.05, 3.63) is 0 Å².